The summed E-state index contributed by atoms with van der Waals surface area (Å²) in [4.78, 5) is 36.0. The molecule has 4 heterocycles. The smallest absolute Gasteiger partial charge is 0.325 e. The van der Waals surface area contributed by atoms with Gasteiger partial charge in [0.05, 0.1) is 28.0 Å². The Labute approximate surface area is 192 Å². The number of rotatable bonds is 4. The standard InChI is InChI=1S/C22H13F3N4O2S2/c23-22(24,25)12-3-5-13(6-4-12)27-17(30)10-29-11-26-18-14-7-8-15(16-2-1-9-32-16)28-20(14)33-19(18)21(29)31/h1-9,11H,10H2,(H,27,30). The van der Waals surface area contributed by atoms with Crippen LogP contribution in [0.3, 0.4) is 0 Å². The van der Waals surface area contributed by atoms with Gasteiger partial charge in [-0.05, 0) is 47.8 Å². The van der Waals surface area contributed by atoms with Gasteiger partial charge in [-0.1, -0.05) is 6.07 Å². The number of fused-ring (bicyclic) bond motifs is 3. The first-order chi connectivity index (χ1) is 15.8. The molecule has 33 heavy (non-hydrogen) atoms. The SMILES string of the molecule is O=C(Cn1cnc2c(sc3nc(-c4cccs4)ccc32)c1=O)Nc1ccc(C(F)(F)F)cc1. The van der Waals surface area contributed by atoms with Crippen molar-refractivity contribution in [3.63, 3.8) is 0 Å². The fourth-order valence-electron chi connectivity index (χ4n) is 3.32. The highest BCUT2D eigenvalue weighted by atomic mass is 32.1. The van der Waals surface area contributed by atoms with Crippen LogP contribution in [0.5, 0.6) is 0 Å². The summed E-state index contributed by atoms with van der Waals surface area (Å²) < 4.78 is 39.6. The molecule has 0 fully saturated rings. The summed E-state index contributed by atoms with van der Waals surface area (Å²) in [6.07, 6.45) is -3.17. The van der Waals surface area contributed by atoms with E-state index in [4.69, 9.17) is 0 Å². The predicted molar refractivity (Wildman–Crippen MR) is 123 cm³/mol. The second-order valence-electron chi connectivity index (χ2n) is 7.11. The molecule has 1 aromatic carbocycles. The summed E-state index contributed by atoms with van der Waals surface area (Å²) in [7, 11) is 0. The molecule has 0 aliphatic rings. The first-order valence-electron chi connectivity index (χ1n) is 9.59. The number of carbonyl (C=O) groups is 1. The van der Waals surface area contributed by atoms with Crippen molar-refractivity contribution in [1.29, 1.82) is 0 Å². The van der Waals surface area contributed by atoms with Crippen molar-refractivity contribution >= 4 is 54.7 Å². The molecule has 6 nitrogen and oxygen atoms in total. The van der Waals surface area contributed by atoms with Crippen LogP contribution in [0, 0.1) is 0 Å². The lowest BCUT2D eigenvalue weighted by molar-refractivity contribution is -0.137. The van der Waals surface area contributed by atoms with E-state index in [0.29, 0.717) is 15.0 Å². The topological polar surface area (TPSA) is 76.9 Å². The van der Waals surface area contributed by atoms with E-state index >= 15 is 0 Å². The molecule has 0 atom stereocenters. The van der Waals surface area contributed by atoms with Gasteiger partial charge < -0.3 is 5.32 Å². The van der Waals surface area contributed by atoms with Crippen molar-refractivity contribution in [3.8, 4) is 10.6 Å². The summed E-state index contributed by atoms with van der Waals surface area (Å²) in [5.41, 5.74) is 0.322. The molecule has 0 aliphatic heterocycles. The number of hydrogen-bond donors (Lipinski definition) is 1. The van der Waals surface area contributed by atoms with Crippen LogP contribution in [0.4, 0.5) is 18.9 Å². The minimum Gasteiger partial charge on any atom is -0.325 e. The molecule has 0 spiro atoms. The van der Waals surface area contributed by atoms with Crippen LogP contribution in [-0.4, -0.2) is 20.4 Å². The average molecular weight is 487 g/mol. The third-order valence-corrected chi connectivity index (χ3v) is 6.86. The maximum absolute atomic E-state index is 13.0. The monoisotopic (exact) mass is 486 g/mol. The number of pyridine rings is 1. The van der Waals surface area contributed by atoms with Crippen molar-refractivity contribution < 1.29 is 18.0 Å². The molecule has 0 aliphatic carbocycles. The molecule has 1 N–H and O–H groups in total. The Kier molecular flexibility index (Phi) is 5.22. The normalized spacial score (nSPS) is 11.8. The molecule has 5 rings (SSSR count). The Hall–Kier alpha value is -3.57. The lowest BCUT2D eigenvalue weighted by atomic mass is 10.2. The molecule has 11 heteroatoms. The van der Waals surface area contributed by atoms with Crippen LogP contribution >= 0.6 is 22.7 Å². The van der Waals surface area contributed by atoms with Gasteiger partial charge in [0.2, 0.25) is 5.91 Å². The molecule has 1 amide bonds. The first kappa shape index (κ1) is 21.3. The molecule has 4 aromatic heterocycles. The zero-order chi connectivity index (χ0) is 23.2. The van der Waals surface area contributed by atoms with Gasteiger partial charge in [0.15, 0.2) is 0 Å². The molecule has 5 aromatic rings. The molecular formula is C22H13F3N4O2S2. The number of amides is 1. The fraction of sp³-hybridized carbons (Fsp3) is 0.0909. The predicted octanol–water partition coefficient (Wildman–Crippen LogP) is 5.39. The Morgan fingerprint density at radius 3 is 2.58 bits per heavy atom. The number of thiophene rings is 2. The van der Waals surface area contributed by atoms with Gasteiger partial charge in [-0.3, -0.25) is 14.2 Å². The number of hydrogen-bond acceptors (Lipinski definition) is 6. The highest BCUT2D eigenvalue weighted by Crippen LogP contribution is 2.32. The van der Waals surface area contributed by atoms with Crippen molar-refractivity contribution in [2.24, 2.45) is 0 Å². The minimum absolute atomic E-state index is 0.197. The number of anilines is 1. The highest BCUT2D eigenvalue weighted by Gasteiger charge is 2.30. The number of aromatic nitrogens is 3. The molecular weight excluding hydrogens is 473 g/mol. The van der Waals surface area contributed by atoms with E-state index in [1.165, 1.54) is 17.7 Å². The zero-order valence-corrected chi connectivity index (χ0v) is 18.2. The Bertz CT molecular complexity index is 1540. The third kappa shape index (κ3) is 4.12. The van der Waals surface area contributed by atoms with Crippen molar-refractivity contribution in [2.45, 2.75) is 12.7 Å². The van der Waals surface area contributed by atoms with Crippen LogP contribution in [0.15, 0.2) is 65.0 Å². The van der Waals surface area contributed by atoms with Crippen molar-refractivity contribution in [1.82, 2.24) is 14.5 Å². The van der Waals surface area contributed by atoms with E-state index in [1.807, 2.05) is 29.6 Å². The minimum atomic E-state index is -4.46. The van der Waals surface area contributed by atoms with E-state index < -0.39 is 17.6 Å². The largest absolute Gasteiger partial charge is 0.416 e. The summed E-state index contributed by atoms with van der Waals surface area (Å²) in [5.74, 6) is -0.558. The number of alkyl halides is 3. The maximum Gasteiger partial charge on any atom is 0.416 e. The van der Waals surface area contributed by atoms with Crippen LogP contribution in [-0.2, 0) is 17.5 Å². The van der Waals surface area contributed by atoms with E-state index in [0.717, 1.165) is 44.8 Å². The second-order valence-corrected chi connectivity index (χ2v) is 9.05. The summed E-state index contributed by atoms with van der Waals surface area (Å²) in [5, 5.41) is 5.21. The number of nitrogens with zero attached hydrogens (tertiary/aromatic N) is 3. The molecule has 166 valence electrons. The van der Waals surface area contributed by atoms with Crippen LogP contribution in [0.1, 0.15) is 5.56 Å². The van der Waals surface area contributed by atoms with E-state index in [2.05, 4.69) is 15.3 Å². The average Bonchev–Trinajstić information content (AvgIpc) is 3.43. The molecule has 0 unspecified atom stereocenters. The van der Waals surface area contributed by atoms with Gasteiger partial charge in [0.25, 0.3) is 5.56 Å². The van der Waals surface area contributed by atoms with Crippen molar-refractivity contribution in [2.75, 3.05) is 5.32 Å². The van der Waals surface area contributed by atoms with E-state index in [9.17, 15) is 22.8 Å². The summed E-state index contributed by atoms with van der Waals surface area (Å²) in [6, 6.07) is 11.7. The molecule has 0 bridgehead atoms. The van der Waals surface area contributed by atoms with Crippen LogP contribution in [0.2, 0.25) is 0 Å². The highest BCUT2D eigenvalue weighted by molar-refractivity contribution is 7.25. The Morgan fingerprint density at radius 2 is 1.88 bits per heavy atom. The Balaban J connectivity index is 1.40. The van der Waals surface area contributed by atoms with Gasteiger partial charge in [-0.15, -0.1) is 22.7 Å². The molecule has 0 saturated heterocycles. The first-order valence-corrected chi connectivity index (χ1v) is 11.3. The summed E-state index contributed by atoms with van der Waals surface area (Å²) in [6.45, 7) is -0.328. The van der Waals surface area contributed by atoms with Crippen LogP contribution in [0.25, 0.3) is 31.0 Å². The van der Waals surface area contributed by atoms with Gasteiger partial charge in [-0.2, -0.15) is 13.2 Å². The fourth-order valence-corrected chi connectivity index (χ4v) is 5.09. The summed E-state index contributed by atoms with van der Waals surface area (Å²) >= 11 is 2.78. The van der Waals surface area contributed by atoms with Gasteiger partial charge in [0, 0.05) is 11.1 Å². The van der Waals surface area contributed by atoms with Crippen molar-refractivity contribution in [3.05, 3.63) is 76.2 Å². The Morgan fingerprint density at radius 1 is 1.09 bits per heavy atom. The van der Waals surface area contributed by atoms with Gasteiger partial charge in [0.1, 0.15) is 16.1 Å². The van der Waals surface area contributed by atoms with E-state index in [-0.39, 0.29) is 17.8 Å². The van der Waals surface area contributed by atoms with Gasteiger partial charge in [-0.25, -0.2) is 9.97 Å². The van der Waals surface area contributed by atoms with Gasteiger partial charge >= 0.3 is 6.18 Å². The number of nitrogens with one attached hydrogen (secondary N) is 1. The quantitative estimate of drug-likeness (QED) is 0.369. The third-order valence-electron chi connectivity index (χ3n) is 4.89. The lowest BCUT2D eigenvalue weighted by Gasteiger charge is -2.09. The number of carbonyl (C=O) groups excluding carboxylic acids is 1. The zero-order valence-electron chi connectivity index (χ0n) is 16.6. The number of halogens is 3. The lowest BCUT2D eigenvalue weighted by Crippen LogP contribution is -2.27. The second kappa shape index (κ2) is 8.09. The molecule has 0 radical (unpaired) electrons. The molecule has 0 saturated carbocycles. The van der Waals surface area contributed by atoms with Crippen LogP contribution < -0.4 is 10.9 Å². The van der Waals surface area contributed by atoms with E-state index in [1.54, 1.807) is 11.3 Å². The maximum atomic E-state index is 13.0. The number of benzene rings is 1.